The Morgan fingerprint density at radius 3 is 2.81 bits per heavy atom. The van der Waals surface area contributed by atoms with Crippen molar-refractivity contribution in [2.45, 2.75) is 13.0 Å². The van der Waals surface area contributed by atoms with Gasteiger partial charge in [-0.25, -0.2) is 5.43 Å². The molecular weight excluding hydrogens is 334 g/mol. The molecule has 1 unspecified atom stereocenters. The van der Waals surface area contributed by atoms with Gasteiger partial charge in [-0.1, -0.05) is 22.0 Å². The van der Waals surface area contributed by atoms with Crippen LogP contribution in [0.4, 0.5) is 0 Å². The molecule has 0 spiro atoms. The van der Waals surface area contributed by atoms with Crippen LogP contribution < -0.4 is 20.7 Å². The molecular formula is C15H18BrN3O2. The van der Waals surface area contributed by atoms with Gasteiger partial charge in [0.25, 0.3) is 0 Å². The van der Waals surface area contributed by atoms with Crippen LogP contribution >= 0.6 is 15.9 Å². The lowest BCUT2D eigenvalue weighted by Crippen LogP contribution is -2.29. The first-order valence-electron chi connectivity index (χ1n) is 6.57. The number of aromatic nitrogens is 1. The molecule has 5 nitrogen and oxygen atoms in total. The van der Waals surface area contributed by atoms with E-state index in [4.69, 9.17) is 15.3 Å². The number of halogens is 1. The molecule has 0 aliphatic heterocycles. The quantitative estimate of drug-likeness (QED) is 0.618. The molecule has 112 valence electrons. The Kier molecular flexibility index (Phi) is 5.55. The second-order valence-electron chi connectivity index (χ2n) is 4.37. The third-order valence-electron chi connectivity index (χ3n) is 3.05. The molecule has 2 aromatic rings. The normalized spacial score (nSPS) is 12.0. The maximum atomic E-state index is 5.74. The molecule has 0 saturated heterocycles. The van der Waals surface area contributed by atoms with E-state index in [-0.39, 0.29) is 6.04 Å². The average molecular weight is 352 g/mol. The van der Waals surface area contributed by atoms with Crippen LogP contribution in [0.2, 0.25) is 0 Å². The smallest absolute Gasteiger partial charge is 0.137 e. The van der Waals surface area contributed by atoms with Gasteiger partial charge >= 0.3 is 0 Å². The van der Waals surface area contributed by atoms with E-state index in [0.717, 1.165) is 21.3 Å². The van der Waals surface area contributed by atoms with E-state index in [2.05, 4.69) is 26.3 Å². The van der Waals surface area contributed by atoms with Crippen molar-refractivity contribution in [3.63, 3.8) is 0 Å². The van der Waals surface area contributed by atoms with Gasteiger partial charge in [0.1, 0.15) is 11.5 Å². The number of nitrogens with two attached hydrogens (primary N) is 1. The van der Waals surface area contributed by atoms with Crippen LogP contribution in [0.25, 0.3) is 0 Å². The second kappa shape index (κ2) is 7.40. The summed E-state index contributed by atoms with van der Waals surface area (Å²) in [5.74, 6) is 7.20. The standard InChI is InChI=1S/C15H18BrN3O2/c1-3-21-12-6-10(8-18-9-12)15(19-17)13-5-4-11(16)7-14(13)20-2/h4-9,15,19H,3,17H2,1-2H3. The highest BCUT2D eigenvalue weighted by Gasteiger charge is 2.18. The SMILES string of the molecule is CCOc1cncc(C(NN)c2ccc(Br)cc2OC)c1. The molecule has 0 aliphatic rings. The van der Waals surface area contributed by atoms with E-state index in [9.17, 15) is 0 Å². The lowest BCUT2D eigenvalue weighted by atomic mass is 10.00. The van der Waals surface area contributed by atoms with Gasteiger partial charge in [-0.15, -0.1) is 0 Å². The van der Waals surface area contributed by atoms with Crippen molar-refractivity contribution in [1.29, 1.82) is 0 Å². The van der Waals surface area contributed by atoms with Crippen molar-refractivity contribution in [1.82, 2.24) is 10.4 Å². The zero-order valence-electron chi connectivity index (χ0n) is 12.0. The minimum Gasteiger partial charge on any atom is -0.496 e. The van der Waals surface area contributed by atoms with Gasteiger partial charge in [0, 0.05) is 16.2 Å². The van der Waals surface area contributed by atoms with Crippen molar-refractivity contribution in [3.8, 4) is 11.5 Å². The first kappa shape index (κ1) is 15.8. The van der Waals surface area contributed by atoms with Crippen LogP contribution in [0.15, 0.2) is 41.1 Å². The van der Waals surface area contributed by atoms with Crippen molar-refractivity contribution < 1.29 is 9.47 Å². The average Bonchev–Trinajstić information content (AvgIpc) is 2.50. The van der Waals surface area contributed by atoms with Crippen LogP contribution in [0, 0.1) is 0 Å². The fourth-order valence-corrected chi connectivity index (χ4v) is 2.47. The molecule has 0 aliphatic carbocycles. The minimum atomic E-state index is -0.235. The van der Waals surface area contributed by atoms with E-state index >= 15 is 0 Å². The van der Waals surface area contributed by atoms with Crippen LogP contribution in [0.3, 0.4) is 0 Å². The van der Waals surface area contributed by atoms with Gasteiger partial charge in [-0.3, -0.25) is 10.8 Å². The first-order chi connectivity index (χ1) is 10.2. The lowest BCUT2D eigenvalue weighted by molar-refractivity contribution is 0.338. The highest BCUT2D eigenvalue weighted by Crippen LogP contribution is 2.32. The summed E-state index contributed by atoms with van der Waals surface area (Å²) in [6.45, 7) is 2.52. The predicted molar refractivity (Wildman–Crippen MR) is 85.3 cm³/mol. The number of methoxy groups -OCH3 is 1. The highest BCUT2D eigenvalue weighted by molar-refractivity contribution is 9.10. The van der Waals surface area contributed by atoms with E-state index in [1.54, 1.807) is 19.5 Å². The molecule has 1 aromatic heterocycles. The Labute approximate surface area is 132 Å². The van der Waals surface area contributed by atoms with E-state index in [0.29, 0.717) is 12.4 Å². The Morgan fingerprint density at radius 1 is 1.33 bits per heavy atom. The van der Waals surface area contributed by atoms with Crippen LogP contribution in [-0.2, 0) is 0 Å². The molecule has 0 amide bonds. The van der Waals surface area contributed by atoms with E-state index < -0.39 is 0 Å². The summed E-state index contributed by atoms with van der Waals surface area (Å²) in [5.41, 5.74) is 4.64. The molecule has 0 fully saturated rings. The molecule has 0 bridgehead atoms. The number of hydrogen-bond acceptors (Lipinski definition) is 5. The molecule has 6 heteroatoms. The zero-order valence-corrected chi connectivity index (χ0v) is 13.6. The van der Waals surface area contributed by atoms with Crippen molar-refractivity contribution in [2.75, 3.05) is 13.7 Å². The van der Waals surface area contributed by atoms with Crippen molar-refractivity contribution in [3.05, 3.63) is 52.3 Å². The number of benzene rings is 1. The Balaban J connectivity index is 2.42. The zero-order chi connectivity index (χ0) is 15.2. The number of pyridine rings is 1. The van der Waals surface area contributed by atoms with Gasteiger partial charge in [-0.05, 0) is 30.7 Å². The number of ether oxygens (including phenoxy) is 2. The Morgan fingerprint density at radius 2 is 2.14 bits per heavy atom. The number of nitrogens with one attached hydrogen (secondary N) is 1. The number of rotatable bonds is 6. The van der Waals surface area contributed by atoms with Crippen LogP contribution in [-0.4, -0.2) is 18.7 Å². The van der Waals surface area contributed by atoms with E-state index in [1.807, 2.05) is 31.2 Å². The molecule has 3 N–H and O–H groups in total. The summed E-state index contributed by atoms with van der Waals surface area (Å²) in [4.78, 5) is 4.20. The number of nitrogens with zero attached hydrogens (tertiary/aromatic N) is 1. The molecule has 1 heterocycles. The Bertz CT molecular complexity index is 607. The van der Waals surface area contributed by atoms with Gasteiger partial charge in [0.05, 0.1) is 26.0 Å². The van der Waals surface area contributed by atoms with Gasteiger partial charge in [0.2, 0.25) is 0 Å². The maximum Gasteiger partial charge on any atom is 0.137 e. The first-order valence-corrected chi connectivity index (χ1v) is 7.36. The topological polar surface area (TPSA) is 69.4 Å². The highest BCUT2D eigenvalue weighted by atomic mass is 79.9. The monoisotopic (exact) mass is 351 g/mol. The predicted octanol–water partition coefficient (Wildman–Crippen LogP) is 2.80. The summed E-state index contributed by atoms with van der Waals surface area (Å²) in [6, 6.07) is 7.49. The van der Waals surface area contributed by atoms with Crippen molar-refractivity contribution >= 4 is 15.9 Å². The summed E-state index contributed by atoms with van der Waals surface area (Å²) < 4.78 is 11.9. The van der Waals surface area contributed by atoms with Gasteiger partial charge < -0.3 is 9.47 Å². The molecule has 2 rings (SSSR count). The van der Waals surface area contributed by atoms with Gasteiger partial charge in [0.15, 0.2) is 0 Å². The van der Waals surface area contributed by atoms with E-state index in [1.165, 1.54) is 0 Å². The number of hydrazine groups is 1. The second-order valence-corrected chi connectivity index (χ2v) is 5.29. The molecule has 0 radical (unpaired) electrons. The summed E-state index contributed by atoms with van der Waals surface area (Å²) in [6.07, 6.45) is 3.44. The molecule has 0 saturated carbocycles. The van der Waals surface area contributed by atoms with Crippen molar-refractivity contribution in [2.24, 2.45) is 5.84 Å². The summed E-state index contributed by atoms with van der Waals surface area (Å²) >= 11 is 3.43. The number of hydrogen-bond donors (Lipinski definition) is 2. The molecule has 21 heavy (non-hydrogen) atoms. The fraction of sp³-hybridized carbons (Fsp3) is 0.267. The molecule has 1 aromatic carbocycles. The molecule has 1 atom stereocenters. The maximum absolute atomic E-state index is 5.74. The third-order valence-corrected chi connectivity index (χ3v) is 3.55. The van der Waals surface area contributed by atoms with Crippen LogP contribution in [0.5, 0.6) is 11.5 Å². The lowest BCUT2D eigenvalue weighted by Gasteiger charge is -2.20. The minimum absolute atomic E-state index is 0.235. The van der Waals surface area contributed by atoms with Crippen LogP contribution in [0.1, 0.15) is 24.1 Å². The third kappa shape index (κ3) is 3.72. The fourth-order valence-electron chi connectivity index (χ4n) is 2.13. The van der Waals surface area contributed by atoms with Gasteiger partial charge in [-0.2, -0.15) is 0 Å². The summed E-state index contributed by atoms with van der Waals surface area (Å²) in [7, 11) is 1.63. The largest absolute Gasteiger partial charge is 0.496 e. The Hall–Kier alpha value is -1.63. The summed E-state index contributed by atoms with van der Waals surface area (Å²) in [5, 5.41) is 0.